The molecule has 3 aliphatic rings. The van der Waals surface area contributed by atoms with Crippen LogP contribution in [-0.4, -0.2) is 4.83 Å². The van der Waals surface area contributed by atoms with Crippen LogP contribution in [0.3, 0.4) is 0 Å². The fraction of sp³-hybridized carbons (Fsp3) is 0.765. The summed E-state index contributed by atoms with van der Waals surface area (Å²) < 4.78 is 0. The standard InChI is InChI=1S/C17H25Br/c1-17(2,12-7-3-4-8-12)15-11-16(18)14-10-6-5-9-13(14)15/h5-6,9-10,12-16H,3-4,7-8,11H2,1-2H3. The van der Waals surface area contributed by atoms with Gasteiger partial charge < -0.3 is 0 Å². The molecule has 0 nitrogen and oxygen atoms in total. The number of fused-ring (bicyclic) bond motifs is 1. The predicted octanol–water partition coefficient (Wildman–Crippen LogP) is 5.34. The topological polar surface area (TPSA) is 0 Å². The zero-order valence-electron chi connectivity index (χ0n) is 11.6. The van der Waals surface area contributed by atoms with Gasteiger partial charge in [-0.1, -0.05) is 66.9 Å². The first-order valence-electron chi connectivity index (χ1n) is 7.60. The third-order valence-electron chi connectivity index (χ3n) is 5.95. The average molecular weight is 309 g/mol. The van der Waals surface area contributed by atoms with Gasteiger partial charge in [-0.15, -0.1) is 0 Å². The molecule has 0 spiro atoms. The van der Waals surface area contributed by atoms with E-state index in [9.17, 15) is 0 Å². The highest BCUT2D eigenvalue weighted by Gasteiger charge is 2.49. The zero-order chi connectivity index (χ0) is 12.8. The summed E-state index contributed by atoms with van der Waals surface area (Å²) in [5.74, 6) is 3.33. The maximum absolute atomic E-state index is 3.94. The van der Waals surface area contributed by atoms with Gasteiger partial charge >= 0.3 is 0 Å². The SMILES string of the molecule is CC(C)(C1CCCC1)C1CC(Br)C2C=CC=CC21. The molecule has 3 rings (SSSR count). The molecule has 18 heavy (non-hydrogen) atoms. The Bertz CT molecular complexity index is 360. The van der Waals surface area contributed by atoms with E-state index in [-0.39, 0.29) is 0 Å². The second-order valence-electron chi connectivity index (χ2n) is 7.09. The molecule has 100 valence electrons. The molecule has 0 aromatic rings. The van der Waals surface area contributed by atoms with Crippen molar-refractivity contribution < 1.29 is 0 Å². The Labute approximate surface area is 120 Å². The van der Waals surface area contributed by atoms with Gasteiger partial charge in [-0.05, 0) is 48.3 Å². The molecule has 0 bridgehead atoms. The summed E-state index contributed by atoms with van der Waals surface area (Å²) in [7, 11) is 0. The largest absolute Gasteiger partial charge is 0.0884 e. The molecular formula is C17H25Br. The van der Waals surface area contributed by atoms with Gasteiger partial charge in [-0.3, -0.25) is 0 Å². The van der Waals surface area contributed by atoms with Crippen LogP contribution in [0.4, 0.5) is 0 Å². The number of hydrogen-bond acceptors (Lipinski definition) is 0. The third kappa shape index (κ3) is 2.03. The molecule has 0 aliphatic heterocycles. The van der Waals surface area contributed by atoms with Crippen molar-refractivity contribution in [3.05, 3.63) is 24.3 Å². The molecule has 0 heterocycles. The Hall–Kier alpha value is -0.0400. The van der Waals surface area contributed by atoms with E-state index in [1.54, 1.807) is 0 Å². The summed E-state index contributed by atoms with van der Waals surface area (Å²) in [5, 5.41) is 0. The fourth-order valence-electron chi connectivity index (χ4n) is 4.73. The normalized spacial score (nSPS) is 40.4. The Morgan fingerprint density at radius 1 is 1.00 bits per heavy atom. The van der Waals surface area contributed by atoms with Crippen LogP contribution in [0.5, 0.6) is 0 Å². The van der Waals surface area contributed by atoms with E-state index in [2.05, 4.69) is 54.1 Å². The van der Waals surface area contributed by atoms with Crippen molar-refractivity contribution in [2.45, 2.75) is 50.8 Å². The van der Waals surface area contributed by atoms with Gasteiger partial charge in [0.25, 0.3) is 0 Å². The van der Waals surface area contributed by atoms with Crippen LogP contribution in [0.25, 0.3) is 0 Å². The highest BCUT2D eigenvalue weighted by atomic mass is 79.9. The number of alkyl halides is 1. The van der Waals surface area contributed by atoms with Crippen molar-refractivity contribution in [3.63, 3.8) is 0 Å². The van der Waals surface area contributed by atoms with Crippen molar-refractivity contribution in [3.8, 4) is 0 Å². The molecular weight excluding hydrogens is 284 g/mol. The van der Waals surface area contributed by atoms with Crippen LogP contribution >= 0.6 is 15.9 Å². The van der Waals surface area contributed by atoms with Gasteiger partial charge in [0.05, 0.1) is 0 Å². The van der Waals surface area contributed by atoms with E-state index in [4.69, 9.17) is 0 Å². The van der Waals surface area contributed by atoms with Crippen molar-refractivity contribution in [2.75, 3.05) is 0 Å². The lowest BCUT2D eigenvalue weighted by Crippen LogP contribution is -2.34. The van der Waals surface area contributed by atoms with E-state index in [0.29, 0.717) is 10.2 Å². The second-order valence-corrected chi connectivity index (χ2v) is 8.26. The summed E-state index contributed by atoms with van der Waals surface area (Å²) in [6.07, 6.45) is 16.6. The molecule has 1 heteroatoms. The minimum Gasteiger partial charge on any atom is -0.0884 e. The first-order chi connectivity index (χ1) is 8.60. The van der Waals surface area contributed by atoms with Crippen LogP contribution < -0.4 is 0 Å². The first-order valence-corrected chi connectivity index (χ1v) is 8.51. The smallest absolute Gasteiger partial charge is 0.0217 e. The van der Waals surface area contributed by atoms with Crippen LogP contribution in [0.15, 0.2) is 24.3 Å². The molecule has 0 saturated heterocycles. The molecule has 0 radical (unpaired) electrons. The molecule has 4 unspecified atom stereocenters. The summed E-state index contributed by atoms with van der Waals surface area (Å²) in [6.45, 7) is 5.09. The lowest BCUT2D eigenvalue weighted by molar-refractivity contribution is 0.0960. The maximum atomic E-state index is 3.94. The molecule has 0 amide bonds. The Balaban J connectivity index is 1.83. The summed E-state index contributed by atoms with van der Waals surface area (Å²) in [5.41, 5.74) is 0.511. The molecule has 0 aromatic heterocycles. The van der Waals surface area contributed by atoms with E-state index < -0.39 is 0 Å². The molecule has 2 fully saturated rings. The van der Waals surface area contributed by atoms with E-state index >= 15 is 0 Å². The van der Waals surface area contributed by atoms with Gasteiger partial charge in [0.2, 0.25) is 0 Å². The van der Waals surface area contributed by atoms with Gasteiger partial charge in [0, 0.05) is 4.83 Å². The Morgan fingerprint density at radius 3 is 2.28 bits per heavy atom. The first kappa shape index (κ1) is 13.0. The lowest BCUT2D eigenvalue weighted by atomic mass is 9.64. The minimum absolute atomic E-state index is 0.511. The van der Waals surface area contributed by atoms with Crippen molar-refractivity contribution in [1.29, 1.82) is 0 Å². The Morgan fingerprint density at radius 2 is 1.61 bits per heavy atom. The van der Waals surface area contributed by atoms with E-state index in [1.165, 1.54) is 32.1 Å². The summed E-state index contributed by atoms with van der Waals surface area (Å²) >= 11 is 3.94. The fourth-order valence-corrected chi connectivity index (χ4v) is 5.67. The van der Waals surface area contributed by atoms with Gasteiger partial charge in [0.1, 0.15) is 0 Å². The highest BCUT2D eigenvalue weighted by Crippen LogP contribution is 2.56. The third-order valence-corrected chi connectivity index (χ3v) is 6.93. The van der Waals surface area contributed by atoms with Crippen LogP contribution in [0.2, 0.25) is 0 Å². The lowest BCUT2D eigenvalue weighted by Gasteiger charge is -2.41. The zero-order valence-corrected chi connectivity index (χ0v) is 13.2. The van der Waals surface area contributed by atoms with Crippen LogP contribution in [0.1, 0.15) is 46.0 Å². The van der Waals surface area contributed by atoms with Crippen molar-refractivity contribution in [1.82, 2.24) is 0 Å². The number of hydrogen-bond donors (Lipinski definition) is 0. The van der Waals surface area contributed by atoms with Crippen molar-refractivity contribution >= 4 is 15.9 Å². The van der Waals surface area contributed by atoms with Crippen molar-refractivity contribution in [2.24, 2.45) is 29.1 Å². The van der Waals surface area contributed by atoms with Crippen LogP contribution in [0, 0.1) is 29.1 Å². The number of allylic oxidation sites excluding steroid dienone is 4. The van der Waals surface area contributed by atoms with E-state index in [1.807, 2.05) is 0 Å². The molecule has 4 atom stereocenters. The molecule has 3 aliphatic carbocycles. The van der Waals surface area contributed by atoms with Gasteiger partial charge in [0.15, 0.2) is 0 Å². The number of rotatable bonds is 2. The molecule has 0 N–H and O–H groups in total. The summed E-state index contributed by atoms with van der Waals surface area (Å²) in [6, 6.07) is 0. The molecule has 2 saturated carbocycles. The second kappa shape index (κ2) is 4.81. The number of halogens is 1. The Kier molecular flexibility index (Phi) is 3.47. The van der Waals surface area contributed by atoms with Gasteiger partial charge in [-0.25, -0.2) is 0 Å². The average Bonchev–Trinajstić information content (AvgIpc) is 2.98. The maximum Gasteiger partial charge on any atom is 0.0217 e. The van der Waals surface area contributed by atoms with E-state index in [0.717, 1.165) is 23.7 Å². The van der Waals surface area contributed by atoms with Crippen LogP contribution in [-0.2, 0) is 0 Å². The quantitative estimate of drug-likeness (QED) is 0.604. The minimum atomic E-state index is 0.511. The predicted molar refractivity (Wildman–Crippen MR) is 81.8 cm³/mol. The molecule has 0 aromatic carbocycles. The van der Waals surface area contributed by atoms with Gasteiger partial charge in [-0.2, -0.15) is 0 Å². The summed E-state index contributed by atoms with van der Waals surface area (Å²) in [4.78, 5) is 0.689. The monoisotopic (exact) mass is 308 g/mol. The highest BCUT2D eigenvalue weighted by molar-refractivity contribution is 9.09.